The summed E-state index contributed by atoms with van der Waals surface area (Å²) in [6, 6.07) is 16.1. The number of pyridine rings is 1. The number of carbonyl (C=O) groups excluding carboxylic acids is 1. The van der Waals surface area contributed by atoms with Crippen LogP contribution in [0.5, 0.6) is 0 Å². The summed E-state index contributed by atoms with van der Waals surface area (Å²) in [6.07, 6.45) is 3.82. The van der Waals surface area contributed by atoms with Gasteiger partial charge in [0.2, 0.25) is 0 Å². The van der Waals surface area contributed by atoms with Crippen LogP contribution in [0.25, 0.3) is 33.3 Å². The maximum atomic E-state index is 12.1. The summed E-state index contributed by atoms with van der Waals surface area (Å²) in [5.74, 6) is -0.109. The van der Waals surface area contributed by atoms with Gasteiger partial charge in [0.1, 0.15) is 5.65 Å². The molecule has 5 heteroatoms. The number of nitrogen functional groups attached to an aromatic ring is 1. The number of nitrogens with one attached hydrogen (secondary N) is 2. The van der Waals surface area contributed by atoms with Gasteiger partial charge in [-0.05, 0) is 28.8 Å². The molecule has 0 radical (unpaired) electrons. The molecule has 126 valence electrons. The largest absolute Gasteiger partial charge is 0.398 e. The second kappa shape index (κ2) is 5.46. The first-order chi connectivity index (χ1) is 12.7. The number of nitrogens with two attached hydrogens (primary N) is 1. The van der Waals surface area contributed by atoms with Crippen molar-refractivity contribution in [3.8, 4) is 22.3 Å². The number of hydrogen-bond acceptors (Lipinski definition) is 3. The van der Waals surface area contributed by atoms with Crippen LogP contribution in [0.4, 0.5) is 5.69 Å². The molecule has 0 fully saturated rings. The van der Waals surface area contributed by atoms with Crippen molar-refractivity contribution >= 4 is 22.6 Å². The zero-order valence-electron chi connectivity index (χ0n) is 13.9. The molecule has 5 nitrogen and oxygen atoms in total. The number of nitrogens with zero attached hydrogens (tertiary/aromatic N) is 1. The smallest absolute Gasteiger partial charge is 0.254 e. The minimum absolute atomic E-state index is 0.109. The molecule has 1 aliphatic rings. The predicted molar refractivity (Wildman–Crippen MR) is 103 cm³/mol. The Bertz CT molecular complexity index is 1160. The van der Waals surface area contributed by atoms with Gasteiger partial charge in [-0.1, -0.05) is 36.4 Å². The molecule has 5 rings (SSSR count). The Hall–Kier alpha value is -3.60. The van der Waals surface area contributed by atoms with E-state index in [1.807, 2.05) is 36.7 Å². The second-order valence-corrected chi connectivity index (χ2v) is 6.43. The average Bonchev–Trinajstić information content (AvgIpc) is 3.27. The molecule has 0 atom stereocenters. The van der Waals surface area contributed by atoms with Crippen LogP contribution in [0.3, 0.4) is 0 Å². The number of hydrogen-bond donors (Lipinski definition) is 3. The molecule has 0 aliphatic carbocycles. The van der Waals surface area contributed by atoms with Crippen LogP contribution in [0, 0.1) is 0 Å². The van der Waals surface area contributed by atoms with Crippen molar-refractivity contribution in [1.29, 1.82) is 0 Å². The van der Waals surface area contributed by atoms with Crippen molar-refractivity contribution in [3.63, 3.8) is 0 Å². The van der Waals surface area contributed by atoms with E-state index in [2.05, 4.69) is 33.5 Å². The Kier molecular flexibility index (Phi) is 3.09. The summed E-state index contributed by atoms with van der Waals surface area (Å²) >= 11 is 0. The van der Waals surface area contributed by atoms with Gasteiger partial charge in [0.15, 0.2) is 0 Å². The van der Waals surface area contributed by atoms with Crippen LogP contribution < -0.4 is 11.1 Å². The molecule has 0 bridgehead atoms. The molecule has 26 heavy (non-hydrogen) atoms. The van der Waals surface area contributed by atoms with Crippen molar-refractivity contribution in [2.24, 2.45) is 0 Å². The molecule has 2 aromatic heterocycles. The standard InChI is InChI=1S/C21H16N4O/c22-18-7-6-14(17-11-25-21(26)19(17)18)16-10-24-20-15(16)8-13(9-23-20)12-4-2-1-3-5-12/h1-10H,11,22H2,(H,23,24)(H,25,26). The van der Waals surface area contributed by atoms with Crippen molar-refractivity contribution < 1.29 is 4.79 Å². The number of aromatic amines is 1. The van der Waals surface area contributed by atoms with Crippen LogP contribution >= 0.6 is 0 Å². The molecule has 4 N–H and O–H groups in total. The zero-order chi connectivity index (χ0) is 17.7. The minimum Gasteiger partial charge on any atom is -0.398 e. The van der Waals surface area contributed by atoms with Gasteiger partial charge in [-0.25, -0.2) is 4.98 Å². The van der Waals surface area contributed by atoms with Crippen LogP contribution in [-0.2, 0) is 6.54 Å². The number of aromatic nitrogens is 2. The van der Waals surface area contributed by atoms with E-state index in [9.17, 15) is 4.79 Å². The quantitative estimate of drug-likeness (QED) is 0.486. The molecule has 4 aromatic rings. The van der Waals surface area contributed by atoms with E-state index in [-0.39, 0.29) is 5.91 Å². The fourth-order valence-electron chi connectivity index (χ4n) is 3.64. The number of carbonyl (C=O) groups is 1. The van der Waals surface area contributed by atoms with E-state index >= 15 is 0 Å². The highest BCUT2D eigenvalue weighted by molar-refractivity contribution is 6.07. The summed E-state index contributed by atoms with van der Waals surface area (Å²) in [6.45, 7) is 0.493. The monoisotopic (exact) mass is 340 g/mol. The van der Waals surface area contributed by atoms with Gasteiger partial charge in [-0.15, -0.1) is 0 Å². The van der Waals surface area contributed by atoms with Crippen LogP contribution in [-0.4, -0.2) is 15.9 Å². The lowest BCUT2D eigenvalue weighted by atomic mass is 9.95. The number of benzene rings is 2. The molecule has 3 heterocycles. The highest BCUT2D eigenvalue weighted by Crippen LogP contribution is 2.37. The molecule has 0 saturated heterocycles. The van der Waals surface area contributed by atoms with Gasteiger partial charge < -0.3 is 16.0 Å². The molecule has 0 spiro atoms. The maximum absolute atomic E-state index is 12.1. The molecule has 0 saturated carbocycles. The van der Waals surface area contributed by atoms with E-state index in [1.54, 1.807) is 6.07 Å². The van der Waals surface area contributed by atoms with E-state index < -0.39 is 0 Å². The lowest BCUT2D eigenvalue weighted by molar-refractivity contribution is 0.0966. The molecule has 0 unspecified atom stereocenters. The highest BCUT2D eigenvalue weighted by Gasteiger charge is 2.25. The maximum Gasteiger partial charge on any atom is 0.254 e. The third-order valence-electron chi connectivity index (χ3n) is 4.93. The zero-order valence-corrected chi connectivity index (χ0v) is 13.9. The van der Waals surface area contributed by atoms with Crippen molar-refractivity contribution in [2.45, 2.75) is 6.54 Å². The molecule has 1 amide bonds. The van der Waals surface area contributed by atoms with E-state index in [0.29, 0.717) is 17.8 Å². The van der Waals surface area contributed by atoms with Gasteiger partial charge in [0.25, 0.3) is 5.91 Å². The summed E-state index contributed by atoms with van der Waals surface area (Å²) < 4.78 is 0. The first-order valence-electron chi connectivity index (χ1n) is 8.45. The van der Waals surface area contributed by atoms with Gasteiger partial charge in [0, 0.05) is 41.1 Å². The van der Waals surface area contributed by atoms with Gasteiger partial charge in [0.05, 0.1) is 5.56 Å². The van der Waals surface area contributed by atoms with E-state index in [1.165, 1.54) is 0 Å². The average molecular weight is 340 g/mol. The molecule has 2 aromatic carbocycles. The number of H-pyrrole nitrogens is 1. The van der Waals surface area contributed by atoms with Crippen molar-refractivity contribution in [2.75, 3.05) is 5.73 Å². The highest BCUT2D eigenvalue weighted by atomic mass is 16.1. The first-order valence-corrected chi connectivity index (χ1v) is 8.45. The third-order valence-corrected chi connectivity index (χ3v) is 4.93. The topological polar surface area (TPSA) is 83.8 Å². The first kappa shape index (κ1) is 14.7. The van der Waals surface area contributed by atoms with Gasteiger partial charge in [-0.2, -0.15) is 0 Å². The summed E-state index contributed by atoms with van der Waals surface area (Å²) in [5, 5.41) is 3.89. The third kappa shape index (κ3) is 2.10. The van der Waals surface area contributed by atoms with E-state index in [0.717, 1.165) is 38.9 Å². The molecular formula is C21H16N4O. The fraction of sp³-hybridized carbons (Fsp3) is 0.0476. The Balaban J connectivity index is 1.73. The summed E-state index contributed by atoms with van der Waals surface area (Å²) in [4.78, 5) is 19.9. The number of amides is 1. The lowest BCUT2D eigenvalue weighted by Gasteiger charge is -2.09. The van der Waals surface area contributed by atoms with Gasteiger partial charge in [-0.3, -0.25) is 4.79 Å². The van der Waals surface area contributed by atoms with Crippen LogP contribution in [0.2, 0.25) is 0 Å². The Morgan fingerprint density at radius 3 is 2.69 bits per heavy atom. The number of fused-ring (bicyclic) bond motifs is 2. The number of rotatable bonds is 2. The van der Waals surface area contributed by atoms with E-state index in [4.69, 9.17) is 5.73 Å². The predicted octanol–water partition coefficient (Wildman–Crippen LogP) is 3.72. The minimum atomic E-state index is -0.109. The Morgan fingerprint density at radius 1 is 1.00 bits per heavy atom. The van der Waals surface area contributed by atoms with Crippen LogP contribution in [0.1, 0.15) is 15.9 Å². The SMILES string of the molecule is Nc1ccc(-c2c[nH]c3ncc(-c4ccccc4)cc23)c2c1C(=O)NC2. The van der Waals surface area contributed by atoms with Crippen molar-refractivity contribution in [3.05, 3.63) is 72.1 Å². The fourth-order valence-corrected chi connectivity index (χ4v) is 3.64. The molecule has 1 aliphatic heterocycles. The summed E-state index contributed by atoms with van der Waals surface area (Å²) in [7, 11) is 0. The van der Waals surface area contributed by atoms with Crippen molar-refractivity contribution in [1.82, 2.24) is 15.3 Å². The number of anilines is 1. The summed E-state index contributed by atoms with van der Waals surface area (Å²) in [5.41, 5.74) is 13.1. The Morgan fingerprint density at radius 2 is 1.85 bits per heavy atom. The second-order valence-electron chi connectivity index (χ2n) is 6.43. The lowest BCUT2D eigenvalue weighted by Crippen LogP contribution is -2.13. The van der Waals surface area contributed by atoms with Gasteiger partial charge >= 0.3 is 0 Å². The normalized spacial score (nSPS) is 13.0. The van der Waals surface area contributed by atoms with Crippen LogP contribution in [0.15, 0.2) is 60.9 Å². The molecular weight excluding hydrogens is 324 g/mol. The Labute approximate surface area is 149 Å².